The topological polar surface area (TPSA) is 66.4 Å². The van der Waals surface area contributed by atoms with E-state index in [1.807, 2.05) is 13.8 Å². The van der Waals surface area contributed by atoms with Crippen molar-refractivity contribution < 1.29 is 9.59 Å². The molecule has 19 heavy (non-hydrogen) atoms. The van der Waals surface area contributed by atoms with Crippen LogP contribution in [0.5, 0.6) is 0 Å². The molecule has 0 atom stereocenters. The second-order valence-electron chi connectivity index (χ2n) is 4.65. The number of carbonyl (C=O) groups is 2. The SMILES string of the molecule is CC(C)N1CCN(Cc2cnc(Cl)cn2)C(=O)C1=O. The van der Waals surface area contributed by atoms with Crippen LogP contribution >= 0.6 is 11.6 Å². The lowest BCUT2D eigenvalue weighted by molar-refractivity contribution is -0.157. The molecule has 0 bridgehead atoms. The maximum atomic E-state index is 12.0. The largest absolute Gasteiger partial charge is 0.330 e. The minimum Gasteiger partial charge on any atom is -0.330 e. The van der Waals surface area contributed by atoms with E-state index in [9.17, 15) is 9.59 Å². The van der Waals surface area contributed by atoms with E-state index in [0.717, 1.165) is 0 Å². The Balaban J connectivity index is 2.05. The molecule has 0 radical (unpaired) electrons. The molecule has 0 saturated carbocycles. The average Bonchev–Trinajstić information content (AvgIpc) is 2.37. The summed E-state index contributed by atoms with van der Waals surface area (Å²) in [5, 5.41) is 0.302. The quantitative estimate of drug-likeness (QED) is 0.766. The van der Waals surface area contributed by atoms with Crippen molar-refractivity contribution in [1.82, 2.24) is 19.8 Å². The van der Waals surface area contributed by atoms with Crippen LogP contribution < -0.4 is 0 Å². The molecule has 0 N–H and O–H groups in total. The number of hydrogen-bond donors (Lipinski definition) is 0. The first-order valence-corrected chi connectivity index (χ1v) is 6.43. The third-order valence-electron chi connectivity index (χ3n) is 2.99. The van der Waals surface area contributed by atoms with Crippen molar-refractivity contribution in [3.8, 4) is 0 Å². The predicted octanol–water partition coefficient (Wildman–Crippen LogP) is 0.709. The van der Waals surface area contributed by atoms with Gasteiger partial charge in [0.15, 0.2) is 0 Å². The first-order chi connectivity index (χ1) is 8.99. The van der Waals surface area contributed by atoms with E-state index in [-0.39, 0.29) is 12.6 Å². The Morgan fingerprint density at radius 2 is 1.95 bits per heavy atom. The Morgan fingerprint density at radius 1 is 1.21 bits per heavy atom. The summed E-state index contributed by atoms with van der Waals surface area (Å²) in [4.78, 5) is 34.9. The van der Waals surface area contributed by atoms with Crippen molar-refractivity contribution in [3.05, 3.63) is 23.2 Å². The Kier molecular flexibility index (Phi) is 3.99. The van der Waals surface area contributed by atoms with E-state index in [2.05, 4.69) is 9.97 Å². The van der Waals surface area contributed by atoms with Crippen LogP contribution in [0.2, 0.25) is 5.15 Å². The molecule has 1 aliphatic rings. The molecule has 0 spiro atoms. The second kappa shape index (κ2) is 5.52. The highest BCUT2D eigenvalue weighted by Crippen LogP contribution is 2.12. The minimum absolute atomic E-state index is 0.0360. The van der Waals surface area contributed by atoms with Gasteiger partial charge in [-0.15, -0.1) is 0 Å². The third kappa shape index (κ3) is 3.01. The number of amides is 2. The van der Waals surface area contributed by atoms with E-state index in [1.54, 1.807) is 4.90 Å². The molecule has 6 nitrogen and oxygen atoms in total. The molecule has 2 rings (SSSR count). The number of piperazine rings is 1. The highest BCUT2D eigenvalue weighted by Gasteiger charge is 2.33. The van der Waals surface area contributed by atoms with Crippen molar-refractivity contribution >= 4 is 23.4 Å². The van der Waals surface area contributed by atoms with Gasteiger partial charge in [0.2, 0.25) is 0 Å². The monoisotopic (exact) mass is 282 g/mol. The number of nitrogens with zero attached hydrogens (tertiary/aromatic N) is 4. The normalized spacial score (nSPS) is 16.4. The van der Waals surface area contributed by atoms with Crippen molar-refractivity contribution in [2.24, 2.45) is 0 Å². The van der Waals surface area contributed by atoms with E-state index in [4.69, 9.17) is 11.6 Å². The first kappa shape index (κ1) is 13.7. The minimum atomic E-state index is -0.489. The predicted molar refractivity (Wildman–Crippen MR) is 69.3 cm³/mol. The van der Waals surface area contributed by atoms with Crippen LogP contribution in [-0.4, -0.2) is 50.7 Å². The average molecular weight is 283 g/mol. The van der Waals surface area contributed by atoms with Gasteiger partial charge in [0.1, 0.15) is 5.15 Å². The number of carbonyl (C=O) groups excluding carboxylic acids is 2. The van der Waals surface area contributed by atoms with Gasteiger partial charge >= 0.3 is 11.8 Å². The van der Waals surface area contributed by atoms with E-state index in [0.29, 0.717) is 23.9 Å². The highest BCUT2D eigenvalue weighted by atomic mass is 35.5. The van der Waals surface area contributed by atoms with Crippen molar-refractivity contribution in [3.63, 3.8) is 0 Å². The van der Waals surface area contributed by atoms with Crippen molar-refractivity contribution in [2.45, 2.75) is 26.4 Å². The molecule has 7 heteroatoms. The molecule has 1 fully saturated rings. The summed E-state index contributed by atoms with van der Waals surface area (Å²) >= 11 is 5.65. The molecule has 2 heterocycles. The summed E-state index contributed by atoms with van der Waals surface area (Å²) in [5.74, 6) is -0.945. The molecule has 1 aromatic rings. The fourth-order valence-corrected chi connectivity index (χ4v) is 2.05. The molecule has 2 amide bonds. The van der Waals surface area contributed by atoms with Crippen LogP contribution in [0.1, 0.15) is 19.5 Å². The summed E-state index contributed by atoms with van der Waals surface area (Å²) in [5.41, 5.74) is 0.614. The summed E-state index contributed by atoms with van der Waals surface area (Å²) < 4.78 is 0. The number of aromatic nitrogens is 2. The number of halogens is 1. The molecule has 0 aromatic carbocycles. The Morgan fingerprint density at radius 3 is 2.53 bits per heavy atom. The molecule has 0 unspecified atom stereocenters. The third-order valence-corrected chi connectivity index (χ3v) is 3.19. The zero-order valence-corrected chi connectivity index (χ0v) is 11.6. The van der Waals surface area contributed by atoms with Crippen LogP contribution in [0.15, 0.2) is 12.4 Å². The fourth-order valence-electron chi connectivity index (χ4n) is 1.95. The lowest BCUT2D eigenvalue weighted by Crippen LogP contribution is -2.55. The summed E-state index contributed by atoms with van der Waals surface area (Å²) in [6.07, 6.45) is 2.93. The summed E-state index contributed by atoms with van der Waals surface area (Å²) in [6.45, 7) is 5.12. The van der Waals surface area contributed by atoms with Gasteiger partial charge in [0.25, 0.3) is 0 Å². The fraction of sp³-hybridized carbons (Fsp3) is 0.500. The molecule has 0 aliphatic carbocycles. The van der Waals surface area contributed by atoms with Crippen molar-refractivity contribution in [2.75, 3.05) is 13.1 Å². The van der Waals surface area contributed by atoms with Gasteiger partial charge in [-0.3, -0.25) is 14.6 Å². The lowest BCUT2D eigenvalue weighted by atomic mass is 10.2. The van der Waals surface area contributed by atoms with Gasteiger partial charge in [-0.05, 0) is 13.8 Å². The number of rotatable bonds is 3. The zero-order chi connectivity index (χ0) is 14.0. The smallest absolute Gasteiger partial charge is 0.312 e. The van der Waals surface area contributed by atoms with Gasteiger partial charge in [-0.25, -0.2) is 4.98 Å². The summed E-state index contributed by atoms with van der Waals surface area (Å²) in [6, 6.07) is 0.0360. The Hall–Kier alpha value is -1.69. The molecular formula is C12H15ClN4O2. The van der Waals surface area contributed by atoms with Gasteiger partial charge < -0.3 is 9.80 Å². The van der Waals surface area contributed by atoms with Gasteiger partial charge in [-0.1, -0.05) is 11.6 Å². The van der Waals surface area contributed by atoms with Crippen LogP contribution in [0.4, 0.5) is 0 Å². The Labute approximate surface area is 116 Å². The van der Waals surface area contributed by atoms with Gasteiger partial charge in [0, 0.05) is 19.1 Å². The first-order valence-electron chi connectivity index (χ1n) is 6.05. The lowest BCUT2D eigenvalue weighted by Gasteiger charge is -2.35. The van der Waals surface area contributed by atoms with Gasteiger partial charge in [-0.2, -0.15) is 0 Å². The van der Waals surface area contributed by atoms with E-state index < -0.39 is 11.8 Å². The molecular weight excluding hydrogens is 268 g/mol. The van der Waals surface area contributed by atoms with Gasteiger partial charge in [0.05, 0.1) is 24.6 Å². The number of hydrogen-bond acceptors (Lipinski definition) is 4. The maximum Gasteiger partial charge on any atom is 0.312 e. The van der Waals surface area contributed by atoms with E-state index >= 15 is 0 Å². The molecule has 1 saturated heterocycles. The molecule has 102 valence electrons. The zero-order valence-electron chi connectivity index (χ0n) is 10.8. The standard InChI is InChI=1S/C12H15ClN4O2/c1-8(2)17-4-3-16(11(18)12(17)19)7-9-5-15-10(13)6-14-9/h5-6,8H,3-4,7H2,1-2H3. The molecule has 1 aromatic heterocycles. The highest BCUT2D eigenvalue weighted by molar-refractivity contribution is 6.35. The van der Waals surface area contributed by atoms with Crippen LogP contribution in [0.3, 0.4) is 0 Å². The molecule has 1 aliphatic heterocycles. The summed E-state index contributed by atoms with van der Waals surface area (Å²) in [7, 11) is 0. The van der Waals surface area contributed by atoms with Crippen LogP contribution in [0.25, 0.3) is 0 Å². The van der Waals surface area contributed by atoms with Crippen LogP contribution in [0, 0.1) is 0 Å². The maximum absolute atomic E-state index is 12.0. The van der Waals surface area contributed by atoms with E-state index in [1.165, 1.54) is 17.3 Å². The van der Waals surface area contributed by atoms with Crippen molar-refractivity contribution in [1.29, 1.82) is 0 Å². The Bertz CT molecular complexity index is 489. The van der Waals surface area contributed by atoms with Crippen LogP contribution in [-0.2, 0) is 16.1 Å². The second-order valence-corrected chi connectivity index (χ2v) is 5.04.